The smallest absolute Gasteiger partial charge is 0.180 e. The van der Waals surface area contributed by atoms with E-state index in [4.69, 9.17) is 5.73 Å². The van der Waals surface area contributed by atoms with Crippen molar-refractivity contribution in [2.45, 2.75) is 82.2 Å². The molecule has 0 spiro atoms. The van der Waals surface area contributed by atoms with Crippen molar-refractivity contribution in [2.24, 2.45) is 0 Å². The zero-order valence-electron chi connectivity index (χ0n) is 19.8. The predicted octanol–water partition coefficient (Wildman–Crippen LogP) is 5.68. The third-order valence-electron chi connectivity index (χ3n) is 6.41. The van der Waals surface area contributed by atoms with Crippen molar-refractivity contribution in [3.8, 4) is 0 Å². The second-order valence-corrected chi connectivity index (χ2v) is 11.1. The van der Waals surface area contributed by atoms with Crippen LogP contribution in [-0.2, 0) is 9.84 Å². The number of nitrogens with two attached hydrogens (primary N) is 1. The number of anilines is 2. The van der Waals surface area contributed by atoms with Crippen LogP contribution in [0.4, 0.5) is 11.4 Å². The Bertz CT molecular complexity index is 996. The molecule has 0 fully saturated rings. The molecule has 2 aromatic rings. The van der Waals surface area contributed by atoms with Crippen LogP contribution in [0.15, 0.2) is 47.4 Å². The summed E-state index contributed by atoms with van der Waals surface area (Å²) in [5.41, 5.74) is 9.14. The number of nitrogen functional groups attached to an aromatic ring is 1. The number of benzene rings is 2. The largest absolute Gasteiger partial charge is 0.399 e. The van der Waals surface area contributed by atoms with Crippen molar-refractivity contribution >= 4 is 21.2 Å². The molecule has 0 saturated heterocycles. The topological polar surface area (TPSA) is 84.2 Å². The van der Waals surface area contributed by atoms with E-state index in [2.05, 4.69) is 31.4 Å². The maximum atomic E-state index is 13.7. The molecule has 32 heavy (non-hydrogen) atoms. The summed E-state index contributed by atoms with van der Waals surface area (Å²) in [5, 5.41) is 7.29. The third kappa shape index (κ3) is 5.65. The summed E-state index contributed by atoms with van der Waals surface area (Å²) in [6.45, 7) is 7.29. The first kappa shape index (κ1) is 24.6. The van der Waals surface area contributed by atoms with Crippen molar-refractivity contribution in [3.05, 3.63) is 53.6 Å². The number of nitrogens with one attached hydrogen (secondary N) is 2. The lowest BCUT2D eigenvalue weighted by atomic mass is 9.86. The van der Waals surface area contributed by atoms with Gasteiger partial charge in [0.25, 0.3) is 0 Å². The van der Waals surface area contributed by atoms with Gasteiger partial charge in [-0.3, -0.25) is 5.32 Å². The molecule has 0 amide bonds. The summed E-state index contributed by atoms with van der Waals surface area (Å²) in [6, 6.07) is 13.3. The fourth-order valence-electron chi connectivity index (χ4n) is 4.75. The quantitative estimate of drug-likeness (QED) is 0.400. The van der Waals surface area contributed by atoms with Gasteiger partial charge in [0.15, 0.2) is 9.84 Å². The van der Waals surface area contributed by atoms with E-state index in [1.54, 1.807) is 6.07 Å². The van der Waals surface area contributed by atoms with Gasteiger partial charge < -0.3 is 11.1 Å². The molecule has 0 radical (unpaired) electrons. The van der Waals surface area contributed by atoms with Crippen LogP contribution in [0.2, 0.25) is 0 Å². The number of fused-ring (bicyclic) bond motifs is 1. The summed E-state index contributed by atoms with van der Waals surface area (Å²) < 4.78 is 27.4. The Labute approximate surface area is 194 Å². The Morgan fingerprint density at radius 1 is 1.03 bits per heavy atom. The Hall–Kier alpha value is -2.05. The van der Waals surface area contributed by atoms with E-state index in [1.807, 2.05) is 36.4 Å². The second-order valence-electron chi connectivity index (χ2n) is 9.17. The first-order chi connectivity index (χ1) is 15.3. The van der Waals surface area contributed by atoms with E-state index in [0.29, 0.717) is 10.6 Å². The van der Waals surface area contributed by atoms with Crippen molar-refractivity contribution < 1.29 is 8.42 Å². The molecule has 1 atom stereocenters. The highest BCUT2D eigenvalue weighted by atomic mass is 32.2. The molecule has 6 heteroatoms. The van der Waals surface area contributed by atoms with Crippen molar-refractivity contribution in [1.82, 2.24) is 5.32 Å². The van der Waals surface area contributed by atoms with Gasteiger partial charge in [-0.15, -0.1) is 0 Å². The minimum atomic E-state index is -3.46. The van der Waals surface area contributed by atoms with E-state index in [1.165, 1.54) is 0 Å². The zero-order valence-corrected chi connectivity index (χ0v) is 20.6. The van der Waals surface area contributed by atoms with Gasteiger partial charge in [0.1, 0.15) is 0 Å². The second kappa shape index (κ2) is 10.7. The van der Waals surface area contributed by atoms with Crippen LogP contribution in [0.5, 0.6) is 0 Å². The fourth-order valence-corrected chi connectivity index (χ4v) is 6.82. The van der Waals surface area contributed by atoms with Crippen LogP contribution in [0, 0.1) is 0 Å². The van der Waals surface area contributed by atoms with Gasteiger partial charge in [-0.2, -0.15) is 0 Å². The Balaban J connectivity index is 2.19. The number of rotatable bonds is 10. The van der Waals surface area contributed by atoms with Gasteiger partial charge in [0, 0.05) is 23.5 Å². The van der Waals surface area contributed by atoms with Crippen LogP contribution in [0.3, 0.4) is 0 Å². The Morgan fingerprint density at radius 3 is 2.38 bits per heavy atom. The number of hydrogen-bond acceptors (Lipinski definition) is 5. The molecule has 1 unspecified atom stereocenters. The van der Waals surface area contributed by atoms with Crippen LogP contribution in [-0.4, -0.2) is 26.3 Å². The van der Waals surface area contributed by atoms with Crippen LogP contribution >= 0.6 is 0 Å². The average molecular weight is 458 g/mol. The molecule has 176 valence electrons. The lowest BCUT2D eigenvalue weighted by molar-refractivity contribution is 0.278. The predicted molar refractivity (Wildman–Crippen MR) is 135 cm³/mol. The maximum Gasteiger partial charge on any atom is 0.180 e. The molecule has 0 saturated carbocycles. The molecule has 1 aliphatic rings. The third-order valence-corrected chi connectivity index (χ3v) is 8.39. The highest BCUT2D eigenvalue weighted by molar-refractivity contribution is 7.91. The number of hydrogen-bond donors (Lipinski definition) is 3. The van der Waals surface area contributed by atoms with Crippen molar-refractivity contribution in [2.75, 3.05) is 23.3 Å². The fraction of sp³-hybridized carbons (Fsp3) is 0.538. The molecule has 1 aliphatic heterocycles. The van der Waals surface area contributed by atoms with Gasteiger partial charge in [-0.05, 0) is 60.7 Å². The first-order valence-electron chi connectivity index (χ1n) is 12.1. The minimum absolute atomic E-state index is 0.132. The Kier molecular flexibility index (Phi) is 8.23. The summed E-state index contributed by atoms with van der Waals surface area (Å²) >= 11 is 0. The molecule has 3 rings (SSSR count). The minimum Gasteiger partial charge on any atom is -0.399 e. The first-order valence-corrected chi connectivity index (χ1v) is 13.7. The zero-order chi connectivity index (χ0) is 23.2. The van der Waals surface area contributed by atoms with Gasteiger partial charge in [0.05, 0.1) is 16.7 Å². The van der Waals surface area contributed by atoms with E-state index in [9.17, 15) is 8.42 Å². The van der Waals surface area contributed by atoms with Gasteiger partial charge in [-0.25, -0.2) is 8.42 Å². The lowest BCUT2D eigenvalue weighted by Gasteiger charge is -2.37. The maximum absolute atomic E-state index is 13.7. The van der Waals surface area contributed by atoms with E-state index < -0.39 is 15.4 Å². The summed E-state index contributed by atoms with van der Waals surface area (Å²) in [6.07, 6.45) is 6.76. The highest BCUT2D eigenvalue weighted by Gasteiger charge is 2.42. The standard InChI is InChI=1S/C26H39N3O2S/c1-4-7-14-26(15-8-5-2)19-32(30,31)24-13-12-22(28-16-6-3)18-23(24)25(29-26)20-10-9-11-21(27)17-20/h9-13,17-18,25,28-29H,4-8,14-16,19,27H2,1-3H3. The van der Waals surface area contributed by atoms with Crippen LogP contribution < -0.4 is 16.4 Å². The molecule has 0 aliphatic carbocycles. The summed E-state index contributed by atoms with van der Waals surface area (Å²) in [7, 11) is -3.46. The van der Waals surface area contributed by atoms with Gasteiger partial charge in [-0.1, -0.05) is 58.6 Å². The Morgan fingerprint density at radius 2 is 1.75 bits per heavy atom. The van der Waals surface area contributed by atoms with Crippen molar-refractivity contribution in [3.63, 3.8) is 0 Å². The SMILES string of the molecule is CCCCC1(CCCC)CS(=O)(=O)c2ccc(NCCC)cc2C(c2cccc(N)c2)N1. The average Bonchev–Trinajstić information content (AvgIpc) is 2.87. The monoisotopic (exact) mass is 457 g/mol. The number of sulfone groups is 1. The molecule has 0 bridgehead atoms. The van der Waals surface area contributed by atoms with Gasteiger partial charge in [0.2, 0.25) is 0 Å². The van der Waals surface area contributed by atoms with Crippen LogP contribution in [0.25, 0.3) is 0 Å². The van der Waals surface area contributed by atoms with Crippen LogP contribution in [0.1, 0.15) is 82.9 Å². The highest BCUT2D eigenvalue weighted by Crippen LogP contribution is 2.40. The molecule has 1 heterocycles. The molecule has 5 nitrogen and oxygen atoms in total. The normalized spacial score (nSPS) is 19.2. The molecular formula is C26H39N3O2S. The molecular weight excluding hydrogens is 418 g/mol. The van der Waals surface area contributed by atoms with Crippen molar-refractivity contribution in [1.29, 1.82) is 0 Å². The summed E-state index contributed by atoms with van der Waals surface area (Å²) in [4.78, 5) is 0.439. The van der Waals surface area contributed by atoms with Gasteiger partial charge >= 0.3 is 0 Å². The molecule has 4 N–H and O–H groups in total. The number of unbranched alkanes of at least 4 members (excludes halogenated alkanes) is 2. The molecule has 0 aromatic heterocycles. The molecule has 2 aromatic carbocycles. The van der Waals surface area contributed by atoms with E-state index in [-0.39, 0.29) is 11.8 Å². The summed E-state index contributed by atoms with van der Waals surface area (Å²) in [5.74, 6) is 0.132. The van der Waals surface area contributed by atoms with E-state index >= 15 is 0 Å². The van der Waals surface area contributed by atoms with E-state index in [0.717, 1.165) is 68.3 Å². The lowest BCUT2D eigenvalue weighted by Crippen LogP contribution is -2.50.